The first kappa shape index (κ1) is 11.3. The van der Waals surface area contributed by atoms with Gasteiger partial charge in [-0.15, -0.1) is 0 Å². The molecule has 1 nitrogen and oxygen atoms in total. The summed E-state index contributed by atoms with van der Waals surface area (Å²) in [4.78, 5) is 4.53. The number of rotatable bonds is 3. The van der Waals surface area contributed by atoms with Gasteiger partial charge >= 0.3 is 0 Å². The van der Waals surface area contributed by atoms with Crippen LogP contribution in [-0.2, 0) is 0 Å². The first-order chi connectivity index (χ1) is 8.33. The Hall–Kier alpha value is -2.15. The number of fused-ring (bicyclic) bond motifs is 1. The van der Waals surface area contributed by atoms with Crippen LogP contribution in [0.1, 0.15) is 6.92 Å². The van der Waals surface area contributed by atoms with E-state index >= 15 is 0 Å². The molecule has 2 rings (SSSR count). The summed E-state index contributed by atoms with van der Waals surface area (Å²) in [6.45, 7) is 5.73. The van der Waals surface area contributed by atoms with Gasteiger partial charge in [-0.3, -0.25) is 0 Å². The number of aliphatic imine (C=N–C) groups is 1. The van der Waals surface area contributed by atoms with Crippen LogP contribution in [-0.4, -0.2) is 5.71 Å². The van der Waals surface area contributed by atoms with Crippen LogP contribution in [0.25, 0.3) is 10.8 Å². The maximum Gasteiger partial charge on any atom is 0.0643 e. The number of benzene rings is 2. The predicted octanol–water partition coefficient (Wildman–Crippen LogP) is 4.67. The zero-order chi connectivity index (χ0) is 12.1. The third kappa shape index (κ3) is 2.70. The molecule has 0 bridgehead atoms. The van der Waals surface area contributed by atoms with E-state index in [2.05, 4.69) is 35.8 Å². The Morgan fingerprint density at radius 1 is 1.12 bits per heavy atom. The minimum absolute atomic E-state index is 0.878. The van der Waals surface area contributed by atoms with Gasteiger partial charge in [-0.1, -0.05) is 43.0 Å². The number of hydrogen-bond donors (Lipinski definition) is 0. The summed E-state index contributed by atoms with van der Waals surface area (Å²) in [5.74, 6) is 0. The van der Waals surface area contributed by atoms with E-state index in [-0.39, 0.29) is 0 Å². The SMILES string of the molecule is C=CC(/C=C\C)=Nc1ccc2ccccc2c1. The Balaban J connectivity index is 2.46. The summed E-state index contributed by atoms with van der Waals surface area (Å²) in [6, 6.07) is 14.5. The molecule has 17 heavy (non-hydrogen) atoms. The highest BCUT2D eigenvalue weighted by Gasteiger charge is 1.95. The van der Waals surface area contributed by atoms with Gasteiger partial charge in [-0.05, 0) is 42.0 Å². The second-order valence-corrected chi connectivity index (χ2v) is 3.77. The van der Waals surface area contributed by atoms with Gasteiger partial charge in [0.05, 0.1) is 11.4 Å². The van der Waals surface area contributed by atoms with Gasteiger partial charge in [0.25, 0.3) is 0 Å². The smallest absolute Gasteiger partial charge is 0.0643 e. The molecule has 0 spiro atoms. The van der Waals surface area contributed by atoms with Crippen LogP contribution in [0.4, 0.5) is 5.69 Å². The van der Waals surface area contributed by atoms with Crippen molar-refractivity contribution in [3.63, 3.8) is 0 Å². The molecule has 0 N–H and O–H groups in total. The van der Waals surface area contributed by atoms with Crippen LogP contribution < -0.4 is 0 Å². The highest BCUT2D eigenvalue weighted by molar-refractivity contribution is 6.05. The lowest BCUT2D eigenvalue weighted by molar-refractivity contribution is 1.54. The van der Waals surface area contributed by atoms with E-state index < -0.39 is 0 Å². The molecule has 2 aromatic rings. The van der Waals surface area contributed by atoms with Crippen molar-refractivity contribution >= 4 is 22.2 Å². The van der Waals surface area contributed by atoms with Crippen molar-refractivity contribution in [2.24, 2.45) is 4.99 Å². The normalized spacial score (nSPS) is 12.2. The second kappa shape index (κ2) is 5.26. The lowest BCUT2D eigenvalue weighted by Gasteiger charge is -2.00. The zero-order valence-corrected chi connectivity index (χ0v) is 9.93. The van der Waals surface area contributed by atoms with Crippen molar-refractivity contribution in [3.05, 3.63) is 67.3 Å². The molecular formula is C16H15N. The minimum Gasteiger partial charge on any atom is -0.249 e. The van der Waals surface area contributed by atoms with Crippen LogP contribution in [0.2, 0.25) is 0 Å². The number of nitrogens with zero attached hydrogens (tertiary/aromatic N) is 1. The van der Waals surface area contributed by atoms with Gasteiger partial charge in [-0.25, -0.2) is 4.99 Å². The summed E-state index contributed by atoms with van der Waals surface area (Å²) in [7, 11) is 0. The first-order valence-corrected chi connectivity index (χ1v) is 5.66. The number of allylic oxidation sites excluding steroid dienone is 3. The van der Waals surface area contributed by atoms with E-state index in [9.17, 15) is 0 Å². The van der Waals surface area contributed by atoms with E-state index in [1.165, 1.54) is 10.8 Å². The fraction of sp³-hybridized carbons (Fsp3) is 0.0625. The van der Waals surface area contributed by atoms with Crippen LogP contribution >= 0.6 is 0 Å². The molecule has 0 aromatic heterocycles. The molecule has 0 aliphatic carbocycles. The standard InChI is InChI=1S/C16H15N/c1-3-7-15(4-2)17-16-11-10-13-8-5-6-9-14(13)12-16/h3-12H,2H2,1H3/b7-3-,17-15?. The molecule has 0 saturated heterocycles. The van der Waals surface area contributed by atoms with E-state index in [1.807, 2.05) is 37.3 Å². The van der Waals surface area contributed by atoms with E-state index in [4.69, 9.17) is 0 Å². The summed E-state index contributed by atoms with van der Waals surface area (Å²) in [6.07, 6.45) is 5.67. The van der Waals surface area contributed by atoms with E-state index in [0.717, 1.165) is 11.4 Å². The highest BCUT2D eigenvalue weighted by atomic mass is 14.7. The van der Waals surface area contributed by atoms with Gasteiger partial charge in [0.1, 0.15) is 0 Å². The van der Waals surface area contributed by atoms with E-state index in [0.29, 0.717) is 0 Å². The molecule has 0 saturated carbocycles. The average Bonchev–Trinajstić information content (AvgIpc) is 2.38. The Morgan fingerprint density at radius 2 is 1.88 bits per heavy atom. The molecule has 0 heterocycles. The van der Waals surface area contributed by atoms with Crippen molar-refractivity contribution in [1.82, 2.24) is 0 Å². The van der Waals surface area contributed by atoms with Crippen molar-refractivity contribution in [1.29, 1.82) is 0 Å². The summed E-state index contributed by atoms with van der Waals surface area (Å²) in [5.41, 5.74) is 1.83. The van der Waals surface area contributed by atoms with Crippen molar-refractivity contribution in [3.8, 4) is 0 Å². The minimum atomic E-state index is 0.878. The predicted molar refractivity (Wildman–Crippen MR) is 76.1 cm³/mol. The lowest BCUT2D eigenvalue weighted by Crippen LogP contribution is -1.84. The zero-order valence-electron chi connectivity index (χ0n) is 9.93. The Morgan fingerprint density at radius 3 is 2.59 bits per heavy atom. The van der Waals surface area contributed by atoms with Crippen molar-refractivity contribution in [2.75, 3.05) is 0 Å². The molecule has 0 radical (unpaired) electrons. The van der Waals surface area contributed by atoms with Gasteiger partial charge in [0, 0.05) is 0 Å². The molecule has 0 aliphatic rings. The molecule has 84 valence electrons. The highest BCUT2D eigenvalue weighted by Crippen LogP contribution is 2.21. The third-order valence-electron chi connectivity index (χ3n) is 2.54. The fourth-order valence-corrected chi connectivity index (χ4v) is 1.72. The first-order valence-electron chi connectivity index (χ1n) is 5.66. The molecule has 0 amide bonds. The average molecular weight is 221 g/mol. The van der Waals surface area contributed by atoms with Crippen molar-refractivity contribution in [2.45, 2.75) is 6.92 Å². The molecule has 0 atom stereocenters. The molecule has 0 unspecified atom stereocenters. The van der Waals surface area contributed by atoms with Gasteiger partial charge in [0.15, 0.2) is 0 Å². The molecule has 0 fully saturated rings. The quantitative estimate of drug-likeness (QED) is 0.667. The molecule has 2 aromatic carbocycles. The summed E-state index contributed by atoms with van der Waals surface area (Å²) in [5, 5.41) is 2.44. The van der Waals surface area contributed by atoms with Crippen LogP contribution in [0.15, 0.2) is 72.3 Å². The van der Waals surface area contributed by atoms with Gasteiger partial charge in [0.2, 0.25) is 0 Å². The largest absolute Gasteiger partial charge is 0.249 e. The summed E-state index contributed by atoms with van der Waals surface area (Å²) >= 11 is 0. The van der Waals surface area contributed by atoms with Gasteiger partial charge < -0.3 is 0 Å². The van der Waals surface area contributed by atoms with E-state index in [1.54, 1.807) is 6.08 Å². The second-order valence-electron chi connectivity index (χ2n) is 3.77. The van der Waals surface area contributed by atoms with Crippen molar-refractivity contribution < 1.29 is 0 Å². The maximum absolute atomic E-state index is 4.53. The Labute approximate surface area is 102 Å². The monoisotopic (exact) mass is 221 g/mol. The van der Waals surface area contributed by atoms with Crippen LogP contribution in [0.3, 0.4) is 0 Å². The topological polar surface area (TPSA) is 12.4 Å². The van der Waals surface area contributed by atoms with Gasteiger partial charge in [-0.2, -0.15) is 0 Å². The Bertz CT molecular complexity index is 591. The van der Waals surface area contributed by atoms with Crippen LogP contribution in [0, 0.1) is 0 Å². The van der Waals surface area contributed by atoms with Crippen LogP contribution in [0.5, 0.6) is 0 Å². The Kier molecular flexibility index (Phi) is 3.51. The lowest BCUT2D eigenvalue weighted by atomic mass is 10.1. The maximum atomic E-state index is 4.53. The third-order valence-corrected chi connectivity index (χ3v) is 2.54. The number of hydrogen-bond acceptors (Lipinski definition) is 1. The molecule has 0 aliphatic heterocycles. The molecule has 1 heteroatoms. The molecular weight excluding hydrogens is 206 g/mol. The fourth-order valence-electron chi connectivity index (χ4n) is 1.72. The summed E-state index contributed by atoms with van der Waals surface area (Å²) < 4.78 is 0.